The van der Waals surface area contributed by atoms with Crippen molar-refractivity contribution in [1.29, 1.82) is 0 Å². The molecule has 1 amide bonds. The van der Waals surface area contributed by atoms with Crippen LogP contribution in [-0.4, -0.2) is 44.3 Å². The number of rotatable bonds is 7. The second-order valence-corrected chi connectivity index (χ2v) is 9.52. The summed E-state index contributed by atoms with van der Waals surface area (Å²) in [6.45, 7) is 0. The van der Waals surface area contributed by atoms with Crippen LogP contribution in [0.25, 0.3) is 17.4 Å². The third-order valence-corrected chi connectivity index (χ3v) is 6.63. The fourth-order valence-corrected chi connectivity index (χ4v) is 5.03. The first-order valence-corrected chi connectivity index (χ1v) is 11.7. The van der Waals surface area contributed by atoms with Crippen molar-refractivity contribution in [2.75, 3.05) is 12.0 Å². The second kappa shape index (κ2) is 9.57. The molecule has 1 aliphatic heterocycles. The smallest absolute Gasteiger partial charge is 0.326 e. The van der Waals surface area contributed by atoms with Gasteiger partial charge in [0.2, 0.25) is 0 Å². The topological polar surface area (TPSA) is 70.8 Å². The molecule has 3 rings (SSSR count). The molecule has 5 nitrogen and oxygen atoms in total. The van der Waals surface area contributed by atoms with Crippen molar-refractivity contribution in [3.8, 4) is 11.3 Å². The quantitative estimate of drug-likeness (QED) is 0.398. The van der Waals surface area contributed by atoms with Gasteiger partial charge in [-0.1, -0.05) is 47.2 Å². The molecule has 152 valence electrons. The van der Waals surface area contributed by atoms with Crippen molar-refractivity contribution in [2.24, 2.45) is 0 Å². The standard InChI is InChI=1S/C19H15Cl2NO4S3/c1-28-7-6-14(18(24)25)22-17(23)16(29-19(22)27)9-11-3-5-15(26-11)12-4-2-10(20)8-13(12)21/h2-5,8-9,14H,6-7H2,1H3,(H,24,25)/b16-9-/t14-/m1/s1. The van der Waals surface area contributed by atoms with E-state index in [2.05, 4.69) is 0 Å². The number of halogens is 2. The molecule has 2 heterocycles. The van der Waals surface area contributed by atoms with E-state index in [1.54, 1.807) is 36.4 Å². The van der Waals surface area contributed by atoms with Crippen LogP contribution in [-0.2, 0) is 9.59 Å². The maximum absolute atomic E-state index is 12.8. The Kier molecular flexibility index (Phi) is 7.34. The first-order chi connectivity index (χ1) is 13.8. The Morgan fingerprint density at radius 2 is 2.14 bits per heavy atom. The fourth-order valence-electron chi connectivity index (χ4n) is 2.73. The lowest BCUT2D eigenvalue weighted by Crippen LogP contribution is -2.44. The Hall–Kier alpha value is -1.45. The molecular formula is C19H15Cl2NO4S3. The molecule has 1 aromatic heterocycles. The van der Waals surface area contributed by atoms with Crippen molar-refractivity contribution >= 4 is 81.2 Å². The number of carbonyl (C=O) groups excluding carboxylic acids is 1. The van der Waals surface area contributed by atoms with E-state index in [0.717, 1.165) is 11.8 Å². The van der Waals surface area contributed by atoms with Crippen LogP contribution in [0.4, 0.5) is 0 Å². The molecule has 1 atom stereocenters. The Balaban J connectivity index is 1.84. The number of thiocarbonyl (C=S) groups is 1. The number of carbonyl (C=O) groups is 2. The number of carboxylic acids is 1. The predicted octanol–water partition coefficient (Wildman–Crippen LogP) is 5.66. The number of hydrogen-bond donors (Lipinski definition) is 1. The second-order valence-electron chi connectivity index (χ2n) is 6.01. The van der Waals surface area contributed by atoms with Crippen molar-refractivity contribution in [3.63, 3.8) is 0 Å². The van der Waals surface area contributed by atoms with Crippen LogP contribution in [0, 0.1) is 0 Å². The minimum Gasteiger partial charge on any atom is -0.480 e. The molecule has 1 N–H and O–H groups in total. The number of nitrogens with zero attached hydrogens (tertiary/aromatic N) is 1. The maximum Gasteiger partial charge on any atom is 0.326 e. The van der Waals surface area contributed by atoms with Gasteiger partial charge in [-0.3, -0.25) is 9.69 Å². The Morgan fingerprint density at radius 3 is 2.79 bits per heavy atom. The number of aliphatic carboxylic acids is 1. The average molecular weight is 488 g/mol. The van der Waals surface area contributed by atoms with E-state index in [1.165, 1.54) is 16.7 Å². The molecule has 10 heteroatoms. The lowest BCUT2D eigenvalue weighted by atomic mass is 10.2. The summed E-state index contributed by atoms with van der Waals surface area (Å²) in [5, 5.41) is 10.5. The highest BCUT2D eigenvalue weighted by atomic mass is 35.5. The van der Waals surface area contributed by atoms with Gasteiger partial charge in [-0.25, -0.2) is 4.79 Å². The normalized spacial score (nSPS) is 16.7. The largest absolute Gasteiger partial charge is 0.480 e. The highest BCUT2D eigenvalue weighted by Gasteiger charge is 2.40. The fraction of sp³-hybridized carbons (Fsp3) is 0.211. The van der Waals surface area contributed by atoms with Gasteiger partial charge in [0.05, 0.1) is 9.93 Å². The minimum absolute atomic E-state index is 0.224. The molecule has 29 heavy (non-hydrogen) atoms. The van der Waals surface area contributed by atoms with Crippen LogP contribution in [0.1, 0.15) is 12.2 Å². The summed E-state index contributed by atoms with van der Waals surface area (Å²) in [6, 6.07) is 7.52. The first-order valence-electron chi connectivity index (χ1n) is 8.36. The van der Waals surface area contributed by atoms with E-state index in [0.29, 0.717) is 44.2 Å². The molecule has 0 unspecified atom stereocenters. The predicted molar refractivity (Wildman–Crippen MR) is 124 cm³/mol. The molecule has 0 saturated carbocycles. The zero-order chi connectivity index (χ0) is 21.1. The summed E-state index contributed by atoms with van der Waals surface area (Å²) < 4.78 is 6.02. The van der Waals surface area contributed by atoms with Gasteiger partial charge in [-0.2, -0.15) is 11.8 Å². The minimum atomic E-state index is -1.07. The highest BCUT2D eigenvalue weighted by molar-refractivity contribution is 8.26. The molecule has 0 spiro atoms. The highest BCUT2D eigenvalue weighted by Crippen LogP contribution is 2.36. The zero-order valence-electron chi connectivity index (χ0n) is 15.1. The number of benzene rings is 1. The summed E-state index contributed by atoms with van der Waals surface area (Å²) in [6.07, 6.45) is 3.75. The molecular weight excluding hydrogens is 473 g/mol. The van der Waals surface area contributed by atoms with Gasteiger partial charge >= 0.3 is 5.97 Å². The van der Waals surface area contributed by atoms with Crippen LogP contribution in [0.15, 0.2) is 39.7 Å². The van der Waals surface area contributed by atoms with Gasteiger partial charge in [0.25, 0.3) is 5.91 Å². The maximum atomic E-state index is 12.8. The molecule has 1 aromatic carbocycles. The van der Waals surface area contributed by atoms with E-state index < -0.39 is 17.9 Å². The van der Waals surface area contributed by atoms with Gasteiger partial charge in [-0.05, 0) is 48.8 Å². The lowest BCUT2D eigenvalue weighted by Gasteiger charge is -2.22. The van der Waals surface area contributed by atoms with E-state index in [1.807, 2.05) is 6.26 Å². The SMILES string of the molecule is CSCC[C@H](C(=O)O)N1C(=O)/C(=C/c2ccc(-c3ccc(Cl)cc3Cl)o2)SC1=S. The Bertz CT molecular complexity index is 1010. The Morgan fingerprint density at radius 1 is 1.38 bits per heavy atom. The molecule has 0 radical (unpaired) electrons. The van der Waals surface area contributed by atoms with Gasteiger partial charge in [0.15, 0.2) is 0 Å². The lowest BCUT2D eigenvalue weighted by molar-refractivity contribution is -0.145. The zero-order valence-corrected chi connectivity index (χ0v) is 19.0. The molecule has 2 aromatic rings. The number of carboxylic acid groups (broad SMARTS) is 1. The van der Waals surface area contributed by atoms with Crippen LogP contribution in [0.5, 0.6) is 0 Å². The van der Waals surface area contributed by atoms with E-state index in [-0.39, 0.29) is 4.32 Å². The number of thioether (sulfide) groups is 2. The van der Waals surface area contributed by atoms with Gasteiger partial charge in [0, 0.05) is 16.7 Å². The average Bonchev–Trinajstić information content (AvgIpc) is 3.21. The summed E-state index contributed by atoms with van der Waals surface area (Å²) in [5.74, 6) is 0.0562. The third kappa shape index (κ3) is 5.00. The van der Waals surface area contributed by atoms with E-state index in [4.69, 9.17) is 39.8 Å². The van der Waals surface area contributed by atoms with Crippen LogP contribution in [0.3, 0.4) is 0 Å². The van der Waals surface area contributed by atoms with Gasteiger partial charge in [0.1, 0.15) is 21.9 Å². The van der Waals surface area contributed by atoms with Crippen molar-refractivity contribution in [1.82, 2.24) is 4.90 Å². The van der Waals surface area contributed by atoms with Gasteiger partial charge < -0.3 is 9.52 Å². The third-order valence-electron chi connectivity index (χ3n) is 4.11. The molecule has 0 aliphatic carbocycles. The van der Waals surface area contributed by atoms with Crippen LogP contribution < -0.4 is 0 Å². The molecule has 1 saturated heterocycles. The van der Waals surface area contributed by atoms with Gasteiger partial charge in [-0.15, -0.1) is 0 Å². The molecule has 1 fully saturated rings. The van der Waals surface area contributed by atoms with Crippen molar-refractivity contribution in [3.05, 3.63) is 51.0 Å². The monoisotopic (exact) mass is 487 g/mol. The Labute approximate surface area is 191 Å². The van der Waals surface area contributed by atoms with Crippen molar-refractivity contribution in [2.45, 2.75) is 12.5 Å². The van der Waals surface area contributed by atoms with E-state index in [9.17, 15) is 14.7 Å². The number of hydrogen-bond acceptors (Lipinski definition) is 6. The van der Waals surface area contributed by atoms with Crippen LogP contribution in [0.2, 0.25) is 10.0 Å². The molecule has 0 bridgehead atoms. The van der Waals surface area contributed by atoms with E-state index >= 15 is 0 Å². The summed E-state index contributed by atoms with van der Waals surface area (Å²) >= 11 is 20.0. The summed E-state index contributed by atoms with van der Waals surface area (Å²) in [5.41, 5.74) is 0.672. The number of furan rings is 1. The van der Waals surface area contributed by atoms with Crippen molar-refractivity contribution < 1.29 is 19.1 Å². The number of amides is 1. The molecule has 1 aliphatic rings. The summed E-state index contributed by atoms with van der Waals surface area (Å²) in [4.78, 5) is 25.9. The van der Waals surface area contributed by atoms with Crippen LogP contribution >= 0.6 is 58.9 Å². The summed E-state index contributed by atoms with van der Waals surface area (Å²) in [7, 11) is 0. The first kappa shape index (κ1) is 22.2.